The Kier molecular flexibility index (Phi) is 4.31. The summed E-state index contributed by atoms with van der Waals surface area (Å²) < 4.78 is 32.7. The lowest BCUT2D eigenvalue weighted by Crippen LogP contribution is -2.41. The van der Waals surface area contributed by atoms with E-state index in [4.69, 9.17) is 4.74 Å². The number of Topliss-reactive ketones (excluding diaryl/α,β-unsaturated/α-hetero) is 1. The zero-order valence-corrected chi connectivity index (χ0v) is 13.4. The summed E-state index contributed by atoms with van der Waals surface area (Å²) in [5, 5.41) is 0.0255. The van der Waals surface area contributed by atoms with Crippen LogP contribution in [0.5, 0.6) is 0 Å². The van der Waals surface area contributed by atoms with Crippen molar-refractivity contribution in [3.05, 3.63) is 33.6 Å². The number of anilines is 1. The number of rotatable bonds is 3. The number of ether oxygens (including phenoxy) is 1. The average Bonchev–Trinajstić information content (AvgIpc) is 2.55. The molecule has 0 spiro atoms. The Balaban J connectivity index is 2.35. The van der Waals surface area contributed by atoms with Crippen molar-refractivity contribution in [2.75, 3.05) is 31.2 Å². The summed E-state index contributed by atoms with van der Waals surface area (Å²) in [6.07, 6.45) is 0. The van der Waals surface area contributed by atoms with E-state index < -0.39 is 12.1 Å². The fourth-order valence-corrected chi connectivity index (χ4v) is 2.87. The number of hydrogen-bond donors (Lipinski definition) is 0. The predicted molar refractivity (Wildman–Crippen MR) is 85.0 cm³/mol. The van der Waals surface area contributed by atoms with Crippen molar-refractivity contribution in [3.63, 3.8) is 0 Å². The second-order valence-corrected chi connectivity index (χ2v) is 5.73. The van der Waals surface area contributed by atoms with E-state index >= 15 is 0 Å². The molecule has 0 saturated carbocycles. The predicted octanol–water partition coefficient (Wildman–Crippen LogP) is 2.14. The number of benzene rings is 1. The fraction of sp³-hybridized carbons (Fsp3) is 0.438. The normalized spacial score (nSPS) is 15.3. The molecule has 0 unspecified atom stereocenters. The topological polar surface area (TPSA) is 64.4 Å². The first kappa shape index (κ1) is 16.5. The lowest BCUT2D eigenvalue weighted by atomic mass is 10.0. The van der Waals surface area contributed by atoms with Gasteiger partial charge in [-0.3, -0.25) is 9.59 Å². The molecule has 24 heavy (non-hydrogen) atoms. The zero-order chi connectivity index (χ0) is 17.4. The molecule has 2 aromatic rings. The van der Waals surface area contributed by atoms with Crippen molar-refractivity contribution in [3.8, 4) is 0 Å². The van der Waals surface area contributed by atoms with Crippen molar-refractivity contribution in [1.82, 2.24) is 9.55 Å². The van der Waals surface area contributed by atoms with Crippen LogP contribution in [0.4, 0.5) is 14.7 Å². The van der Waals surface area contributed by atoms with Crippen LogP contribution in [0.2, 0.25) is 0 Å². The van der Waals surface area contributed by atoms with Gasteiger partial charge in [-0.25, -0.2) is 9.55 Å². The first-order valence-corrected chi connectivity index (χ1v) is 7.59. The number of halogens is 2. The van der Waals surface area contributed by atoms with Crippen LogP contribution >= 0.6 is 0 Å². The van der Waals surface area contributed by atoms with Gasteiger partial charge in [0.15, 0.2) is 5.78 Å². The second kappa shape index (κ2) is 6.27. The van der Waals surface area contributed by atoms with Gasteiger partial charge >= 0.3 is 6.55 Å². The molecular weight excluding hydrogens is 320 g/mol. The molecule has 0 radical (unpaired) electrons. The van der Waals surface area contributed by atoms with Crippen LogP contribution in [0.3, 0.4) is 0 Å². The van der Waals surface area contributed by atoms with Crippen LogP contribution in [0.15, 0.2) is 16.9 Å². The monoisotopic (exact) mass is 337 g/mol. The van der Waals surface area contributed by atoms with Crippen molar-refractivity contribution < 1.29 is 18.3 Å². The van der Waals surface area contributed by atoms with Gasteiger partial charge in [0.1, 0.15) is 0 Å². The molecule has 1 aliphatic heterocycles. The second-order valence-electron chi connectivity index (χ2n) is 5.73. The zero-order valence-electron chi connectivity index (χ0n) is 13.4. The standard InChI is InChI=1S/C16H17F2N3O3/c1-9-7-11(10(2)22)13-12(8-9)14(23)21(15(17)18)16(19-13)20-3-5-24-6-4-20/h7-8,15H,3-6H2,1-2H3. The summed E-state index contributed by atoms with van der Waals surface area (Å²) in [5.41, 5.74) is 0.226. The van der Waals surface area contributed by atoms with Crippen molar-refractivity contribution >= 4 is 22.6 Å². The summed E-state index contributed by atoms with van der Waals surface area (Å²) in [6.45, 7) is 1.48. The summed E-state index contributed by atoms with van der Waals surface area (Å²) >= 11 is 0. The highest BCUT2D eigenvalue weighted by Crippen LogP contribution is 2.24. The number of nitrogens with zero attached hydrogens (tertiary/aromatic N) is 3. The van der Waals surface area contributed by atoms with E-state index in [0.29, 0.717) is 36.4 Å². The highest BCUT2D eigenvalue weighted by Gasteiger charge is 2.25. The number of fused-ring (bicyclic) bond motifs is 1. The van der Waals surface area contributed by atoms with Crippen molar-refractivity contribution in [2.24, 2.45) is 0 Å². The van der Waals surface area contributed by atoms with E-state index in [1.807, 2.05) is 0 Å². The van der Waals surface area contributed by atoms with E-state index in [1.165, 1.54) is 13.0 Å². The van der Waals surface area contributed by atoms with Crippen LogP contribution in [0, 0.1) is 6.92 Å². The Bertz CT molecular complexity index is 858. The molecule has 0 bridgehead atoms. The average molecular weight is 337 g/mol. The van der Waals surface area contributed by atoms with Crippen LogP contribution in [-0.2, 0) is 4.74 Å². The van der Waals surface area contributed by atoms with Gasteiger partial charge in [-0.1, -0.05) is 0 Å². The molecule has 0 amide bonds. The molecule has 1 saturated heterocycles. The molecule has 0 aliphatic carbocycles. The van der Waals surface area contributed by atoms with Gasteiger partial charge in [-0.15, -0.1) is 0 Å². The van der Waals surface area contributed by atoms with Gasteiger partial charge in [0.25, 0.3) is 5.56 Å². The number of ketones is 1. The van der Waals surface area contributed by atoms with Crippen LogP contribution in [-0.4, -0.2) is 41.6 Å². The molecule has 3 rings (SSSR count). The first-order chi connectivity index (χ1) is 11.4. The Morgan fingerprint density at radius 3 is 2.54 bits per heavy atom. The van der Waals surface area contributed by atoms with Gasteiger partial charge in [0.05, 0.1) is 24.1 Å². The minimum Gasteiger partial charge on any atom is -0.378 e. The van der Waals surface area contributed by atoms with Crippen LogP contribution in [0.1, 0.15) is 29.4 Å². The molecule has 1 aliphatic rings. The first-order valence-electron chi connectivity index (χ1n) is 7.59. The molecule has 128 valence electrons. The minimum atomic E-state index is -3.02. The Labute approximate surface area is 136 Å². The Morgan fingerprint density at radius 1 is 1.29 bits per heavy atom. The Morgan fingerprint density at radius 2 is 1.96 bits per heavy atom. The molecule has 1 fully saturated rings. The number of carbonyl (C=O) groups is 1. The van der Waals surface area contributed by atoms with Gasteiger partial charge in [0.2, 0.25) is 5.95 Å². The van der Waals surface area contributed by atoms with E-state index in [-0.39, 0.29) is 28.2 Å². The molecule has 1 aromatic heterocycles. The van der Waals surface area contributed by atoms with Crippen LogP contribution < -0.4 is 10.5 Å². The maximum Gasteiger partial charge on any atom is 0.324 e. The van der Waals surface area contributed by atoms with E-state index in [0.717, 1.165) is 0 Å². The number of carbonyl (C=O) groups excluding carboxylic acids is 1. The van der Waals surface area contributed by atoms with Gasteiger partial charge in [-0.2, -0.15) is 8.78 Å². The SMILES string of the molecule is CC(=O)c1cc(C)cc2c(=O)n(C(F)F)c(N3CCOCC3)nc12. The molecule has 6 nitrogen and oxygen atoms in total. The molecule has 1 aromatic carbocycles. The minimum absolute atomic E-state index is 0.0255. The molecule has 0 atom stereocenters. The largest absolute Gasteiger partial charge is 0.378 e. The highest BCUT2D eigenvalue weighted by atomic mass is 19.3. The summed E-state index contributed by atoms with van der Waals surface area (Å²) in [6, 6.07) is 3.10. The highest BCUT2D eigenvalue weighted by molar-refractivity contribution is 6.05. The van der Waals surface area contributed by atoms with Gasteiger partial charge < -0.3 is 9.64 Å². The maximum absolute atomic E-state index is 13.5. The van der Waals surface area contributed by atoms with Crippen LogP contribution in [0.25, 0.3) is 10.9 Å². The molecule has 2 heterocycles. The number of aromatic nitrogens is 2. The molecular formula is C16H17F2N3O3. The lowest BCUT2D eigenvalue weighted by Gasteiger charge is -2.29. The third-order valence-electron chi connectivity index (χ3n) is 4.00. The number of morpholine rings is 1. The quantitative estimate of drug-likeness (QED) is 0.803. The number of alkyl halides is 2. The van der Waals surface area contributed by atoms with Gasteiger partial charge in [-0.05, 0) is 31.5 Å². The summed E-state index contributed by atoms with van der Waals surface area (Å²) in [5.74, 6) is -0.393. The summed E-state index contributed by atoms with van der Waals surface area (Å²) in [4.78, 5) is 30.4. The van der Waals surface area contributed by atoms with E-state index in [9.17, 15) is 18.4 Å². The van der Waals surface area contributed by atoms with Gasteiger partial charge in [0, 0.05) is 18.7 Å². The molecule has 0 N–H and O–H groups in total. The lowest BCUT2D eigenvalue weighted by molar-refractivity contribution is 0.0650. The Hall–Kier alpha value is -2.35. The third-order valence-corrected chi connectivity index (χ3v) is 4.00. The maximum atomic E-state index is 13.5. The summed E-state index contributed by atoms with van der Waals surface area (Å²) in [7, 11) is 0. The van der Waals surface area contributed by atoms with E-state index in [2.05, 4.69) is 4.98 Å². The van der Waals surface area contributed by atoms with Crippen molar-refractivity contribution in [1.29, 1.82) is 0 Å². The smallest absolute Gasteiger partial charge is 0.324 e. The van der Waals surface area contributed by atoms with Crippen molar-refractivity contribution in [2.45, 2.75) is 20.4 Å². The number of aryl methyl sites for hydroxylation is 1. The molecule has 8 heteroatoms. The van der Waals surface area contributed by atoms with E-state index in [1.54, 1.807) is 17.9 Å². The fourth-order valence-electron chi connectivity index (χ4n) is 2.87. The number of hydrogen-bond acceptors (Lipinski definition) is 5. The third kappa shape index (κ3) is 2.77.